The number of rotatable bonds is 5. The van der Waals surface area contributed by atoms with E-state index in [4.69, 9.17) is 9.05 Å². The second kappa shape index (κ2) is 6.93. The van der Waals surface area contributed by atoms with Gasteiger partial charge in [-0.3, -0.25) is 4.79 Å². The van der Waals surface area contributed by atoms with Crippen LogP contribution in [0.25, 0.3) is 10.7 Å². The Morgan fingerprint density at radius 2 is 2.08 bits per heavy atom. The van der Waals surface area contributed by atoms with Crippen molar-refractivity contribution >= 4 is 22.9 Å². The van der Waals surface area contributed by atoms with E-state index >= 15 is 0 Å². The minimum atomic E-state index is -0.277. The molecule has 0 radical (unpaired) electrons. The van der Waals surface area contributed by atoms with E-state index in [1.165, 1.54) is 6.20 Å². The maximum absolute atomic E-state index is 12.4. The lowest BCUT2D eigenvalue weighted by Crippen LogP contribution is -2.13. The zero-order chi connectivity index (χ0) is 17.9. The molecule has 0 saturated carbocycles. The summed E-state index contributed by atoms with van der Waals surface area (Å²) in [5.74, 6) is 1.24. The van der Waals surface area contributed by atoms with Crippen LogP contribution in [0.4, 0.5) is 5.69 Å². The Morgan fingerprint density at radius 1 is 1.19 bits per heavy atom. The molecule has 26 heavy (non-hydrogen) atoms. The van der Waals surface area contributed by atoms with Gasteiger partial charge in [0.05, 0.1) is 17.5 Å². The lowest BCUT2D eigenvalue weighted by Gasteiger charge is -2.09. The lowest BCUT2D eigenvalue weighted by molar-refractivity contribution is 0.102. The Hall–Kier alpha value is -3.26. The number of thiophene rings is 1. The Kier molecular flexibility index (Phi) is 4.32. The Bertz CT molecular complexity index is 1040. The van der Waals surface area contributed by atoms with E-state index in [-0.39, 0.29) is 5.91 Å². The standard InChI is InChI=1S/C18H14N4O3S/c1-11-13(10-19-24-11)18(23)20-14-6-3-2-5-12(14)9-16-21-17(22-25-16)15-7-4-8-26-15/h2-8,10H,9H2,1H3,(H,20,23). The van der Waals surface area contributed by atoms with Gasteiger partial charge in [-0.1, -0.05) is 34.6 Å². The second-order valence-corrected chi connectivity index (χ2v) is 6.52. The largest absolute Gasteiger partial charge is 0.361 e. The molecule has 0 aliphatic rings. The number of amides is 1. The first-order chi connectivity index (χ1) is 12.7. The molecule has 8 heteroatoms. The number of carbonyl (C=O) groups is 1. The zero-order valence-corrected chi connectivity index (χ0v) is 14.6. The van der Waals surface area contributed by atoms with Gasteiger partial charge in [0.15, 0.2) is 0 Å². The lowest BCUT2D eigenvalue weighted by atomic mass is 10.1. The van der Waals surface area contributed by atoms with Crippen molar-refractivity contribution in [3.8, 4) is 10.7 Å². The smallest absolute Gasteiger partial charge is 0.260 e. The fourth-order valence-corrected chi connectivity index (χ4v) is 3.15. The molecule has 0 atom stereocenters. The highest BCUT2D eigenvalue weighted by molar-refractivity contribution is 7.13. The molecule has 4 rings (SSSR count). The third-order valence-corrected chi connectivity index (χ3v) is 4.68. The Labute approximate surface area is 152 Å². The van der Waals surface area contributed by atoms with Crippen molar-refractivity contribution in [2.75, 3.05) is 5.32 Å². The number of benzene rings is 1. The van der Waals surface area contributed by atoms with Crippen LogP contribution in [0.5, 0.6) is 0 Å². The highest BCUT2D eigenvalue weighted by atomic mass is 32.1. The van der Waals surface area contributed by atoms with Crippen LogP contribution in [0.1, 0.15) is 27.6 Å². The van der Waals surface area contributed by atoms with E-state index in [0.717, 1.165) is 10.4 Å². The fraction of sp³-hybridized carbons (Fsp3) is 0.111. The van der Waals surface area contributed by atoms with E-state index in [1.807, 2.05) is 41.8 Å². The van der Waals surface area contributed by atoms with Crippen molar-refractivity contribution in [2.24, 2.45) is 0 Å². The molecular formula is C18H14N4O3S. The van der Waals surface area contributed by atoms with Crippen LogP contribution in [0.15, 0.2) is 57.0 Å². The summed E-state index contributed by atoms with van der Waals surface area (Å²) in [6.07, 6.45) is 1.82. The molecular weight excluding hydrogens is 352 g/mol. The third-order valence-electron chi connectivity index (χ3n) is 3.81. The van der Waals surface area contributed by atoms with Gasteiger partial charge in [-0.25, -0.2) is 0 Å². The first-order valence-corrected chi connectivity index (χ1v) is 8.75. The van der Waals surface area contributed by atoms with Gasteiger partial charge in [0.1, 0.15) is 11.3 Å². The number of hydrogen-bond donors (Lipinski definition) is 1. The summed E-state index contributed by atoms with van der Waals surface area (Å²) in [6, 6.07) is 11.4. The van der Waals surface area contributed by atoms with Gasteiger partial charge in [0.25, 0.3) is 5.91 Å². The minimum Gasteiger partial charge on any atom is -0.361 e. The third kappa shape index (κ3) is 3.27. The van der Waals surface area contributed by atoms with Gasteiger partial charge in [-0.2, -0.15) is 4.98 Å². The van der Waals surface area contributed by atoms with Gasteiger partial charge < -0.3 is 14.4 Å². The van der Waals surface area contributed by atoms with Crippen LogP contribution < -0.4 is 5.32 Å². The van der Waals surface area contributed by atoms with Crippen LogP contribution in [0.2, 0.25) is 0 Å². The summed E-state index contributed by atoms with van der Waals surface area (Å²) >= 11 is 1.55. The van der Waals surface area contributed by atoms with E-state index in [9.17, 15) is 4.79 Å². The molecule has 0 bridgehead atoms. The molecule has 0 saturated heterocycles. The van der Waals surface area contributed by atoms with Crippen molar-refractivity contribution in [3.05, 3.63) is 70.8 Å². The molecule has 1 amide bonds. The molecule has 0 fully saturated rings. The number of nitrogens with one attached hydrogen (secondary N) is 1. The van der Waals surface area contributed by atoms with Crippen molar-refractivity contribution < 1.29 is 13.8 Å². The van der Waals surface area contributed by atoms with Crippen molar-refractivity contribution in [3.63, 3.8) is 0 Å². The molecule has 7 nitrogen and oxygen atoms in total. The highest BCUT2D eigenvalue weighted by Crippen LogP contribution is 2.24. The molecule has 0 unspecified atom stereocenters. The van der Waals surface area contributed by atoms with Gasteiger partial charge in [0.2, 0.25) is 11.7 Å². The summed E-state index contributed by atoms with van der Waals surface area (Å²) < 4.78 is 10.3. The van der Waals surface area contributed by atoms with E-state index in [2.05, 4.69) is 20.6 Å². The van der Waals surface area contributed by atoms with Crippen molar-refractivity contribution in [1.29, 1.82) is 0 Å². The molecule has 0 aliphatic heterocycles. The number of carbonyl (C=O) groups excluding carboxylic acids is 1. The van der Waals surface area contributed by atoms with Gasteiger partial charge in [-0.15, -0.1) is 11.3 Å². The van der Waals surface area contributed by atoms with Crippen LogP contribution in [-0.4, -0.2) is 21.2 Å². The normalized spacial score (nSPS) is 10.8. The van der Waals surface area contributed by atoms with Crippen LogP contribution in [0, 0.1) is 6.92 Å². The Morgan fingerprint density at radius 3 is 2.85 bits per heavy atom. The van der Waals surface area contributed by atoms with Crippen LogP contribution in [-0.2, 0) is 6.42 Å². The number of para-hydroxylation sites is 1. The first-order valence-electron chi connectivity index (χ1n) is 7.87. The number of aromatic nitrogens is 3. The first kappa shape index (κ1) is 16.2. The summed E-state index contributed by atoms with van der Waals surface area (Å²) in [5, 5.41) is 12.5. The minimum absolute atomic E-state index is 0.277. The highest BCUT2D eigenvalue weighted by Gasteiger charge is 2.16. The maximum Gasteiger partial charge on any atom is 0.260 e. The molecule has 3 aromatic heterocycles. The zero-order valence-electron chi connectivity index (χ0n) is 13.8. The van der Waals surface area contributed by atoms with E-state index in [1.54, 1.807) is 18.3 Å². The van der Waals surface area contributed by atoms with Crippen LogP contribution >= 0.6 is 11.3 Å². The predicted molar refractivity (Wildman–Crippen MR) is 96.1 cm³/mol. The summed E-state index contributed by atoms with van der Waals surface area (Å²) in [6.45, 7) is 1.69. The van der Waals surface area contributed by atoms with Gasteiger partial charge >= 0.3 is 0 Å². The SMILES string of the molecule is Cc1oncc1C(=O)Nc1ccccc1Cc1nc(-c2cccs2)no1. The molecule has 3 heterocycles. The van der Waals surface area contributed by atoms with Crippen molar-refractivity contribution in [2.45, 2.75) is 13.3 Å². The molecule has 130 valence electrons. The fourth-order valence-electron chi connectivity index (χ4n) is 2.50. The van der Waals surface area contributed by atoms with Crippen LogP contribution in [0.3, 0.4) is 0 Å². The van der Waals surface area contributed by atoms with Crippen molar-refractivity contribution in [1.82, 2.24) is 15.3 Å². The number of aryl methyl sites for hydroxylation is 1. The van der Waals surface area contributed by atoms with E-state index < -0.39 is 0 Å². The predicted octanol–water partition coefficient (Wildman–Crippen LogP) is 3.94. The average molecular weight is 366 g/mol. The molecule has 1 N–H and O–H groups in total. The summed E-state index contributed by atoms with van der Waals surface area (Å²) in [5.41, 5.74) is 1.95. The number of anilines is 1. The monoisotopic (exact) mass is 366 g/mol. The number of hydrogen-bond acceptors (Lipinski definition) is 7. The van der Waals surface area contributed by atoms with Gasteiger partial charge in [0, 0.05) is 5.69 Å². The van der Waals surface area contributed by atoms with Gasteiger partial charge in [-0.05, 0) is 30.0 Å². The topological polar surface area (TPSA) is 94.1 Å². The number of nitrogens with zero attached hydrogens (tertiary/aromatic N) is 3. The maximum atomic E-state index is 12.4. The quantitative estimate of drug-likeness (QED) is 0.575. The summed E-state index contributed by atoms with van der Waals surface area (Å²) in [7, 11) is 0. The second-order valence-electron chi connectivity index (χ2n) is 5.57. The molecule has 0 aliphatic carbocycles. The Balaban J connectivity index is 1.55. The molecule has 0 spiro atoms. The molecule has 1 aromatic carbocycles. The molecule has 4 aromatic rings. The van der Waals surface area contributed by atoms with E-state index in [0.29, 0.717) is 35.1 Å². The average Bonchev–Trinajstić information content (AvgIpc) is 3.37. The summed E-state index contributed by atoms with van der Waals surface area (Å²) in [4.78, 5) is 17.8.